The van der Waals surface area contributed by atoms with Crippen LogP contribution in [0.2, 0.25) is 0 Å². The molecule has 6 nitrogen and oxygen atoms in total. The van der Waals surface area contributed by atoms with Crippen LogP contribution < -0.4 is 4.74 Å². The average Bonchev–Trinajstić information content (AvgIpc) is 3.46. The van der Waals surface area contributed by atoms with Crippen molar-refractivity contribution in [2.45, 2.75) is 19.5 Å². The number of carbonyl (C=O) groups is 1. The van der Waals surface area contributed by atoms with E-state index >= 15 is 0 Å². The molecule has 4 rings (SSSR count). The maximum atomic E-state index is 13.0. The number of methoxy groups -OCH3 is 1. The molecule has 4 aromatic rings. The van der Waals surface area contributed by atoms with E-state index in [-0.39, 0.29) is 5.91 Å². The lowest BCUT2D eigenvalue weighted by molar-refractivity contribution is -0.132. The van der Waals surface area contributed by atoms with Crippen LogP contribution in [-0.2, 0) is 24.3 Å². The second kappa shape index (κ2) is 9.13. The molecule has 0 aliphatic rings. The lowest BCUT2D eigenvalue weighted by atomic mass is 10.1. The van der Waals surface area contributed by atoms with Crippen molar-refractivity contribution in [3.8, 4) is 17.1 Å². The number of hydrogen-bond acceptors (Lipinski definition) is 5. The molecule has 0 saturated heterocycles. The summed E-state index contributed by atoms with van der Waals surface area (Å²) < 4.78 is 16.1. The predicted molar refractivity (Wildman–Crippen MR) is 112 cm³/mol. The maximum absolute atomic E-state index is 13.0. The summed E-state index contributed by atoms with van der Waals surface area (Å²) in [6, 6.07) is 22.7. The molecule has 0 radical (unpaired) electrons. The van der Waals surface area contributed by atoms with E-state index in [4.69, 9.17) is 13.7 Å². The Bertz CT molecular complexity index is 1070. The molecule has 0 bridgehead atoms. The highest BCUT2D eigenvalue weighted by molar-refractivity contribution is 5.78. The molecule has 6 heteroatoms. The monoisotopic (exact) mass is 402 g/mol. The molecule has 2 aromatic heterocycles. The summed E-state index contributed by atoms with van der Waals surface area (Å²) >= 11 is 0. The predicted octanol–water partition coefficient (Wildman–Crippen LogP) is 4.71. The molecule has 0 spiro atoms. The third-order valence-corrected chi connectivity index (χ3v) is 4.76. The van der Waals surface area contributed by atoms with Crippen LogP contribution in [0.25, 0.3) is 11.3 Å². The fourth-order valence-electron chi connectivity index (χ4n) is 3.18. The third-order valence-electron chi connectivity index (χ3n) is 4.76. The molecule has 0 unspecified atom stereocenters. The summed E-state index contributed by atoms with van der Waals surface area (Å²) in [6.07, 6.45) is 1.91. The van der Waals surface area contributed by atoms with Crippen molar-refractivity contribution >= 4 is 5.91 Å². The number of nitrogens with zero attached hydrogens (tertiary/aromatic N) is 2. The number of aromatic nitrogens is 1. The minimum atomic E-state index is -0.00778. The van der Waals surface area contributed by atoms with Gasteiger partial charge in [-0.15, -0.1) is 0 Å². The van der Waals surface area contributed by atoms with Crippen molar-refractivity contribution in [1.82, 2.24) is 10.1 Å². The van der Waals surface area contributed by atoms with Gasteiger partial charge in [0, 0.05) is 11.6 Å². The van der Waals surface area contributed by atoms with Gasteiger partial charge < -0.3 is 18.6 Å². The lowest BCUT2D eigenvalue weighted by Gasteiger charge is -2.20. The van der Waals surface area contributed by atoms with Gasteiger partial charge in [-0.25, -0.2) is 0 Å². The summed E-state index contributed by atoms with van der Waals surface area (Å²) in [7, 11) is 1.63. The van der Waals surface area contributed by atoms with E-state index in [9.17, 15) is 4.79 Å². The summed E-state index contributed by atoms with van der Waals surface area (Å²) in [5.41, 5.74) is 2.53. The molecule has 0 aliphatic carbocycles. The van der Waals surface area contributed by atoms with Gasteiger partial charge in [-0.1, -0.05) is 35.5 Å². The Morgan fingerprint density at radius 1 is 1.00 bits per heavy atom. The number of rotatable bonds is 8. The van der Waals surface area contributed by atoms with E-state index in [0.29, 0.717) is 31.0 Å². The van der Waals surface area contributed by atoms with E-state index in [1.807, 2.05) is 72.8 Å². The standard InChI is InChI=1S/C24H22N2O4/c1-28-21-11-9-19(10-12-21)23-15-20(25-30-23)16-26(17-22-8-5-13-29-22)24(27)14-18-6-3-2-4-7-18/h2-13,15H,14,16-17H2,1H3. The summed E-state index contributed by atoms with van der Waals surface area (Å²) in [5.74, 6) is 2.12. The highest BCUT2D eigenvalue weighted by atomic mass is 16.5. The van der Waals surface area contributed by atoms with E-state index in [1.54, 1.807) is 18.3 Å². The van der Waals surface area contributed by atoms with Gasteiger partial charge in [-0.05, 0) is 42.0 Å². The van der Waals surface area contributed by atoms with E-state index in [1.165, 1.54) is 0 Å². The minimum absolute atomic E-state index is 0.00778. The first-order valence-corrected chi connectivity index (χ1v) is 9.65. The molecule has 152 valence electrons. The van der Waals surface area contributed by atoms with Crippen molar-refractivity contribution in [2.75, 3.05) is 7.11 Å². The Morgan fingerprint density at radius 2 is 1.80 bits per heavy atom. The second-order valence-electron chi connectivity index (χ2n) is 6.90. The molecule has 2 heterocycles. The van der Waals surface area contributed by atoms with E-state index in [2.05, 4.69) is 5.16 Å². The highest BCUT2D eigenvalue weighted by Crippen LogP contribution is 2.24. The molecular formula is C24H22N2O4. The van der Waals surface area contributed by atoms with Crippen molar-refractivity contribution in [3.63, 3.8) is 0 Å². The third kappa shape index (κ3) is 4.78. The molecule has 0 aliphatic heterocycles. The van der Waals surface area contributed by atoms with Crippen molar-refractivity contribution in [2.24, 2.45) is 0 Å². The van der Waals surface area contributed by atoms with Gasteiger partial charge >= 0.3 is 0 Å². The van der Waals surface area contributed by atoms with Gasteiger partial charge in [0.1, 0.15) is 17.2 Å². The minimum Gasteiger partial charge on any atom is -0.497 e. The Morgan fingerprint density at radius 3 is 2.50 bits per heavy atom. The molecule has 1 amide bonds. The Hall–Kier alpha value is -3.80. The summed E-state index contributed by atoms with van der Waals surface area (Å²) in [6.45, 7) is 0.690. The summed E-state index contributed by atoms with van der Waals surface area (Å²) in [4.78, 5) is 14.7. The van der Waals surface area contributed by atoms with Crippen LogP contribution in [0.15, 0.2) is 88.0 Å². The highest BCUT2D eigenvalue weighted by Gasteiger charge is 2.19. The number of benzene rings is 2. The van der Waals surface area contributed by atoms with Gasteiger partial charge in [0.2, 0.25) is 5.91 Å². The quantitative estimate of drug-likeness (QED) is 0.427. The van der Waals surface area contributed by atoms with Gasteiger partial charge in [-0.3, -0.25) is 4.79 Å². The van der Waals surface area contributed by atoms with Crippen LogP contribution in [0.3, 0.4) is 0 Å². The first-order valence-electron chi connectivity index (χ1n) is 9.65. The molecule has 0 N–H and O–H groups in total. The first-order chi connectivity index (χ1) is 14.7. The van der Waals surface area contributed by atoms with Gasteiger partial charge in [0.15, 0.2) is 5.76 Å². The number of amides is 1. The number of hydrogen-bond donors (Lipinski definition) is 0. The molecule has 0 atom stereocenters. The van der Waals surface area contributed by atoms with Crippen molar-refractivity contribution < 1.29 is 18.5 Å². The Labute approximate surface area is 174 Å². The van der Waals surface area contributed by atoms with Gasteiger partial charge in [0.25, 0.3) is 0 Å². The van der Waals surface area contributed by atoms with Crippen LogP contribution in [-0.4, -0.2) is 23.1 Å². The molecule has 2 aromatic carbocycles. The Balaban J connectivity index is 1.51. The lowest BCUT2D eigenvalue weighted by Crippen LogP contribution is -2.31. The van der Waals surface area contributed by atoms with Crippen molar-refractivity contribution in [1.29, 1.82) is 0 Å². The molecule has 30 heavy (non-hydrogen) atoms. The topological polar surface area (TPSA) is 68.7 Å². The SMILES string of the molecule is COc1ccc(-c2cc(CN(Cc3ccco3)C(=O)Cc3ccccc3)no2)cc1. The number of ether oxygens (including phenoxy) is 1. The van der Waals surface area contributed by atoms with Crippen LogP contribution in [0.1, 0.15) is 17.0 Å². The van der Waals surface area contributed by atoms with Gasteiger partial charge in [-0.2, -0.15) is 0 Å². The van der Waals surface area contributed by atoms with Crippen LogP contribution in [0.5, 0.6) is 5.75 Å². The zero-order valence-electron chi connectivity index (χ0n) is 16.7. The molecule has 0 fully saturated rings. The first kappa shape index (κ1) is 19.5. The zero-order chi connectivity index (χ0) is 20.8. The number of furan rings is 1. The number of carbonyl (C=O) groups excluding carboxylic acids is 1. The van der Waals surface area contributed by atoms with Crippen LogP contribution in [0.4, 0.5) is 0 Å². The van der Waals surface area contributed by atoms with E-state index < -0.39 is 0 Å². The van der Waals surface area contributed by atoms with E-state index in [0.717, 1.165) is 22.6 Å². The van der Waals surface area contributed by atoms with Crippen LogP contribution >= 0.6 is 0 Å². The fourth-order valence-corrected chi connectivity index (χ4v) is 3.18. The van der Waals surface area contributed by atoms with Crippen LogP contribution in [0, 0.1) is 0 Å². The summed E-state index contributed by atoms with van der Waals surface area (Å²) in [5, 5.41) is 4.16. The van der Waals surface area contributed by atoms with Crippen molar-refractivity contribution in [3.05, 3.63) is 96.1 Å². The molecule has 0 saturated carbocycles. The fraction of sp³-hybridized carbons (Fsp3) is 0.167. The Kier molecular flexibility index (Phi) is 5.94. The maximum Gasteiger partial charge on any atom is 0.227 e. The smallest absolute Gasteiger partial charge is 0.227 e. The molecular weight excluding hydrogens is 380 g/mol. The zero-order valence-corrected chi connectivity index (χ0v) is 16.7. The normalized spacial score (nSPS) is 10.7. The second-order valence-corrected chi connectivity index (χ2v) is 6.90. The average molecular weight is 402 g/mol. The largest absolute Gasteiger partial charge is 0.497 e. The van der Waals surface area contributed by atoms with Gasteiger partial charge in [0.05, 0.1) is 32.9 Å².